The highest BCUT2D eigenvalue weighted by molar-refractivity contribution is 5.79. The normalized spacial score (nSPS) is 24.2. The molecule has 1 amide bonds. The Bertz CT molecular complexity index is 244. The van der Waals surface area contributed by atoms with Crippen molar-refractivity contribution in [3.63, 3.8) is 0 Å². The fourth-order valence-electron chi connectivity index (χ4n) is 2.53. The van der Waals surface area contributed by atoms with Crippen LogP contribution in [0, 0.1) is 17.8 Å². The second kappa shape index (κ2) is 8.48. The van der Waals surface area contributed by atoms with Crippen molar-refractivity contribution in [1.29, 1.82) is 0 Å². The number of carbonyl (C=O) groups is 1. The minimum absolute atomic E-state index is 0.119. The van der Waals surface area contributed by atoms with Gasteiger partial charge < -0.3 is 15.8 Å². The molecule has 0 aliphatic heterocycles. The third kappa shape index (κ3) is 5.36. The third-order valence-corrected chi connectivity index (χ3v) is 3.55. The van der Waals surface area contributed by atoms with E-state index in [0.717, 1.165) is 25.9 Å². The Morgan fingerprint density at radius 3 is 2.78 bits per heavy atom. The number of nitrogens with one attached hydrogen (secondary N) is 1. The molecule has 0 aromatic heterocycles. The summed E-state index contributed by atoms with van der Waals surface area (Å²) in [5.41, 5.74) is 5.74. The van der Waals surface area contributed by atoms with Gasteiger partial charge in [-0.05, 0) is 31.2 Å². The monoisotopic (exact) mass is 256 g/mol. The molecular formula is C14H28N2O2. The first-order valence-electron chi connectivity index (χ1n) is 7.20. The van der Waals surface area contributed by atoms with Gasteiger partial charge >= 0.3 is 0 Å². The van der Waals surface area contributed by atoms with Crippen LogP contribution in [0.4, 0.5) is 0 Å². The second-order valence-corrected chi connectivity index (χ2v) is 5.65. The van der Waals surface area contributed by atoms with E-state index in [9.17, 15) is 4.79 Å². The number of carbonyl (C=O) groups excluding carboxylic acids is 1. The predicted octanol–water partition coefficient (Wildman–Crippen LogP) is 1.54. The van der Waals surface area contributed by atoms with E-state index in [1.54, 1.807) is 0 Å². The van der Waals surface area contributed by atoms with Crippen LogP contribution in [-0.2, 0) is 9.53 Å². The van der Waals surface area contributed by atoms with Gasteiger partial charge in [-0.1, -0.05) is 26.7 Å². The Labute approximate surface area is 111 Å². The van der Waals surface area contributed by atoms with Crippen molar-refractivity contribution in [2.24, 2.45) is 23.5 Å². The van der Waals surface area contributed by atoms with E-state index >= 15 is 0 Å². The largest absolute Gasteiger partial charge is 0.379 e. The number of amides is 1. The first kappa shape index (κ1) is 15.4. The molecule has 2 atom stereocenters. The molecule has 0 spiro atoms. The van der Waals surface area contributed by atoms with Gasteiger partial charge in [0.15, 0.2) is 0 Å². The Kier molecular flexibility index (Phi) is 7.28. The summed E-state index contributed by atoms with van der Waals surface area (Å²) in [6, 6.07) is 0. The number of nitrogens with two attached hydrogens (primary N) is 1. The molecule has 0 heterocycles. The minimum Gasteiger partial charge on any atom is -0.379 e. The van der Waals surface area contributed by atoms with Gasteiger partial charge in [0, 0.05) is 19.1 Å². The van der Waals surface area contributed by atoms with Crippen LogP contribution in [0.3, 0.4) is 0 Å². The lowest BCUT2D eigenvalue weighted by atomic mass is 9.79. The van der Waals surface area contributed by atoms with Crippen LogP contribution >= 0.6 is 0 Å². The highest BCUT2D eigenvalue weighted by Gasteiger charge is 2.29. The van der Waals surface area contributed by atoms with E-state index in [-0.39, 0.29) is 11.8 Å². The van der Waals surface area contributed by atoms with Gasteiger partial charge in [-0.2, -0.15) is 0 Å². The molecular weight excluding hydrogens is 228 g/mol. The molecule has 1 aliphatic rings. The summed E-state index contributed by atoms with van der Waals surface area (Å²) in [6.45, 7) is 6.83. The molecule has 106 valence electrons. The summed E-state index contributed by atoms with van der Waals surface area (Å²) in [6.07, 6.45) is 4.45. The lowest BCUT2D eigenvalue weighted by Crippen LogP contribution is -2.40. The Morgan fingerprint density at radius 1 is 1.39 bits per heavy atom. The van der Waals surface area contributed by atoms with Gasteiger partial charge in [-0.15, -0.1) is 0 Å². The van der Waals surface area contributed by atoms with Crippen LogP contribution in [-0.4, -0.2) is 32.2 Å². The maximum atomic E-state index is 12.0. The zero-order valence-corrected chi connectivity index (χ0v) is 11.8. The van der Waals surface area contributed by atoms with Crippen molar-refractivity contribution < 1.29 is 9.53 Å². The smallest absolute Gasteiger partial charge is 0.223 e. The predicted molar refractivity (Wildman–Crippen MR) is 73.2 cm³/mol. The molecule has 4 nitrogen and oxygen atoms in total. The summed E-state index contributed by atoms with van der Waals surface area (Å²) < 4.78 is 5.45. The highest BCUT2D eigenvalue weighted by atomic mass is 16.5. The molecule has 0 aromatic rings. The number of hydrogen-bond donors (Lipinski definition) is 2. The summed E-state index contributed by atoms with van der Waals surface area (Å²) in [5.74, 6) is 1.20. The van der Waals surface area contributed by atoms with Crippen LogP contribution in [0.25, 0.3) is 0 Å². The van der Waals surface area contributed by atoms with Crippen molar-refractivity contribution in [3.8, 4) is 0 Å². The Morgan fingerprint density at radius 2 is 2.11 bits per heavy atom. The Hall–Kier alpha value is -0.610. The molecule has 0 radical (unpaired) electrons. The SMILES string of the molecule is CC(C)COCCNC(=O)C1CCCCC1CN. The zero-order chi connectivity index (χ0) is 13.4. The van der Waals surface area contributed by atoms with Crippen molar-refractivity contribution in [2.45, 2.75) is 39.5 Å². The van der Waals surface area contributed by atoms with Gasteiger partial charge in [0.1, 0.15) is 0 Å². The van der Waals surface area contributed by atoms with Crippen LogP contribution in [0.2, 0.25) is 0 Å². The molecule has 1 fully saturated rings. The van der Waals surface area contributed by atoms with E-state index in [2.05, 4.69) is 19.2 Å². The standard InChI is InChI=1S/C14H28N2O2/c1-11(2)10-18-8-7-16-14(17)13-6-4-3-5-12(13)9-15/h11-13H,3-10,15H2,1-2H3,(H,16,17). The summed E-state index contributed by atoms with van der Waals surface area (Å²) in [5, 5.41) is 2.97. The molecule has 1 aliphatic carbocycles. The van der Waals surface area contributed by atoms with E-state index in [0.29, 0.717) is 31.5 Å². The van der Waals surface area contributed by atoms with Crippen LogP contribution in [0.1, 0.15) is 39.5 Å². The molecule has 0 saturated heterocycles. The summed E-state index contributed by atoms with van der Waals surface area (Å²) in [7, 11) is 0. The van der Waals surface area contributed by atoms with Gasteiger partial charge in [-0.25, -0.2) is 0 Å². The topological polar surface area (TPSA) is 64.3 Å². The molecule has 0 bridgehead atoms. The van der Waals surface area contributed by atoms with E-state index in [1.165, 1.54) is 6.42 Å². The number of rotatable bonds is 7. The molecule has 2 unspecified atom stereocenters. The van der Waals surface area contributed by atoms with Crippen LogP contribution < -0.4 is 11.1 Å². The molecule has 3 N–H and O–H groups in total. The van der Waals surface area contributed by atoms with Gasteiger partial charge in [-0.3, -0.25) is 4.79 Å². The maximum Gasteiger partial charge on any atom is 0.223 e. The van der Waals surface area contributed by atoms with E-state index in [4.69, 9.17) is 10.5 Å². The van der Waals surface area contributed by atoms with Crippen molar-refractivity contribution in [1.82, 2.24) is 5.32 Å². The van der Waals surface area contributed by atoms with Crippen LogP contribution in [0.15, 0.2) is 0 Å². The second-order valence-electron chi connectivity index (χ2n) is 5.65. The number of hydrogen-bond acceptors (Lipinski definition) is 3. The third-order valence-electron chi connectivity index (χ3n) is 3.55. The zero-order valence-electron chi connectivity index (χ0n) is 11.8. The van der Waals surface area contributed by atoms with Crippen molar-refractivity contribution in [2.75, 3.05) is 26.3 Å². The van der Waals surface area contributed by atoms with E-state index in [1.807, 2.05) is 0 Å². The first-order chi connectivity index (χ1) is 8.65. The molecule has 1 rings (SSSR count). The van der Waals surface area contributed by atoms with E-state index < -0.39 is 0 Å². The van der Waals surface area contributed by atoms with Gasteiger partial charge in [0.2, 0.25) is 5.91 Å². The average molecular weight is 256 g/mol. The maximum absolute atomic E-state index is 12.0. The van der Waals surface area contributed by atoms with Crippen molar-refractivity contribution >= 4 is 5.91 Å². The molecule has 18 heavy (non-hydrogen) atoms. The lowest BCUT2D eigenvalue weighted by Gasteiger charge is -2.29. The summed E-state index contributed by atoms with van der Waals surface area (Å²) >= 11 is 0. The molecule has 4 heteroatoms. The average Bonchev–Trinajstić information content (AvgIpc) is 2.37. The number of ether oxygens (including phenoxy) is 1. The fraction of sp³-hybridized carbons (Fsp3) is 0.929. The fourth-order valence-corrected chi connectivity index (χ4v) is 2.53. The molecule has 0 aromatic carbocycles. The molecule has 1 saturated carbocycles. The van der Waals surface area contributed by atoms with Crippen LogP contribution in [0.5, 0.6) is 0 Å². The van der Waals surface area contributed by atoms with Gasteiger partial charge in [0.05, 0.1) is 6.61 Å². The van der Waals surface area contributed by atoms with Gasteiger partial charge in [0.25, 0.3) is 0 Å². The van der Waals surface area contributed by atoms with Crippen molar-refractivity contribution in [3.05, 3.63) is 0 Å². The minimum atomic E-state index is 0.119. The first-order valence-corrected chi connectivity index (χ1v) is 7.20. The Balaban J connectivity index is 2.18. The highest BCUT2D eigenvalue weighted by Crippen LogP contribution is 2.29. The summed E-state index contributed by atoms with van der Waals surface area (Å²) in [4.78, 5) is 12.0. The quantitative estimate of drug-likeness (QED) is 0.679. The lowest BCUT2D eigenvalue weighted by molar-refractivity contribution is -0.127.